The Kier molecular flexibility index (Phi) is 10.5. The Labute approximate surface area is 234 Å². The van der Waals surface area contributed by atoms with Crippen LogP contribution in [0.25, 0.3) is 0 Å². The number of anilines is 4. The predicted octanol–water partition coefficient (Wildman–Crippen LogP) is 7.08. The zero-order valence-electron chi connectivity index (χ0n) is 21.1. The maximum atomic E-state index is 12.8. The van der Waals surface area contributed by atoms with Crippen molar-refractivity contribution in [2.24, 2.45) is 4.99 Å². The van der Waals surface area contributed by atoms with Crippen LogP contribution in [-0.2, 0) is 6.18 Å². The van der Waals surface area contributed by atoms with E-state index in [1.807, 2.05) is 12.3 Å². The number of para-hydroxylation sites is 1. The molecule has 204 valence electrons. The van der Waals surface area contributed by atoms with Gasteiger partial charge in [-0.1, -0.05) is 29.3 Å². The molecule has 0 unspecified atom stereocenters. The molecule has 7 nitrogen and oxygen atoms in total. The highest BCUT2D eigenvalue weighted by molar-refractivity contribution is 7.98. The molecule has 4 rings (SSSR count). The SMILES string of the molecule is C=Nc1c(Nc2ccc(C(F)(F)F)cc2)nc(N2CCN(C)CC2)nc1SC.CNc1c(Cl)cccc1Cl. The summed E-state index contributed by atoms with van der Waals surface area (Å²) in [5.41, 5.74) is 1.04. The van der Waals surface area contributed by atoms with Gasteiger partial charge in [-0.3, -0.25) is 4.99 Å². The van der Waals surface area contributed by atoms with Gasteiger partial charge in [0, 0.05) is 38.9 Å². The zero-order chi connectivity index (χ0) is 27.9. The van der Waals surface area contributed by atoms with E-state index < -0.39 is 11.7 Å². The molecule has 2 N–H and O–H groups in total. The van der Waals surface area contributed by atoms with Crippen molar-refractivity contribution in [3.05, 3.63) is 58.1 Å². The first-order chi connectivity index (χ1) is 18.1. The lowest BCUT2D eigenvalue weighted by molar-refractivity contribution is -0.137. The van der Waals surface area contributed by atoms with Crippen LogP contribution in [0.1, 0.15) is 5.56 Å². The monoisotopic (exact) mass is 585 g/mol. The van der Waals surface area contributed by atoms with E-state index in [9.17, 15) is 13.2 Å². The zero-order valence-corrected chi connectivity index (χ0v) is 23.4. The second kappa shape index (κ2) is 13.4. The third kappa shape index (κ3) is 7.66. The number of aliphatic imine (C=N–C) groups is 1. The summed E-state index contributed by atoms with van der Waals surface area (Å²) in [4.78, 5) is 17.5. The molecule has 13 heteroatoms. The molecule has 1 aliphatic rings. The molecular formula is C25H28Cl2F3N7S. The lowest BCUT2D eigenvalue weighted by Crippen LogP contribution is -2.45. The van der Waals surface area contributed by atoms with E-state index in [2.05, 4.69) is 49.2 Å². The fraction of sp³-hybridized carbons (Fsp3) is 0.320. The van der Waals surface area contributed by atoms with Crippen molar-refractivity contribution in [1.29, 1.82) is 0 Å². The van der Waals surface area contributed by atoms with Gasteiger partial charge in [0.25, 0.3) is 0 Å². The highest BCUT2D eigenvalue weighted by Crippen LogP contribution is 2.36. The Balaban J connectivity index is 0.000000336. The van der Waals surface area contributed by atoms with Crippen LogP contribution in [0.4, 0.5) is 42.0 Å². The predicted molar refractivity (Wildman–Crippen MR) is 153 cm³/mol. The smallest absolute Gasteiger partial charge is 0.386 e. The highest BCUT2D eigenvalue weighted by Gasteiger charge is 2.30. The van der Waals surface area contributed by atoms with E-state index in [1.54, 1.807) is 19.2 Å². The minimum absolute atomic E-state index is 0.419. The summed E-state index contributed by atoms with van der Waals surface area (Å²) in [6, 6.07) is 10.2. The minimum atomic E-state index is -4.37. The summed E-state index contributed by atoms with van der Waals surface area (Å²) < 4.78 is 38.3. The summed E-state index contributed by atoms with van der Waals surface area (Å²) in [6.07, 6.45) is -2.49. The van der Waals surface area contributed by atoms with E-state index in [0.717, 1.165) is 44.0 Å². The molecule has 3 aromatic rings. The lowest BCUT2D eigenvalue weighted by Gasteiger charge is -2.32. The number of benzene rings is 2. The van der Waals surface area contributed by atoms with Gasteiger partial charge in [-0.2, -0.15) is 18.2 Å². The largest absolute Gasteiger partial charge is 0.416 e. The molecule has 0 atom stereocenters. The second-order valence-corrected chi connectivity index (χ2v) is 9.83. The van der Waals surface area contributed by atoms with E-state index in [0.29, 0.717) is 38.2 Å². The van der Waals surface area contributed by atoms with Gasteiger partial charge in [0.05, 0.1) is 21.3 Å². The number of hydrogen-bond donors (Lipinski definition) is 2. The molecule has 0 spiro atoms. The van der Waals surface area contributed by atoms with Crippen LogP contribution in [0.15, 0.2) is 52.5 Å². The van der Waals surface area contributed by atoms with Crippen molar-refractivity contribution in [3.63, 3.8) is 0 Å². The first kappa shape index (κ1) is 29.8. The van der Waals surface area contributed by atoms with E-state index in [-0.39, 0.29) is 0 Å². The quantitative estimate of drug-likeness (QED) is 0.182. The minimum Gasteiger partial charge on any atom is -0.386 e. The lowest BCUT2D eigenvalue weighted by atomic mass is 10.2. The third-order valence-corrected chi connectivity index (χ3v) is 6.97. The molecule has 38 heavy (non-hydrogen) atoms. The van der Waals surface area contributed by atoms with Crippen LogP contribution in [0, 0.1) is 0 Å². The van der Waals surface area contributed by atoms with Crippen molar-refractivity contribution in [2.75, 3.05) is 62.1 Å². The Morgan fingerprint density at radius 1 is 1.00 bits per heavy atom. The molecule has 1 saturated heterocycles. The highest BCUT2D eigenvalue weighted by atomic mass is 35.5. The van der Waals surface area contributed by atoms with Gasteiger partial charge in [-0.15, -0.1) is 11.8 Å². The topological polar surface area (TPSA) is 68.7 Å². The second-order valence-electron chi connectivity index (χ2n) is 8.23. The van der Waals surface area contributed by atoms with Crippen molar-refractivity contribution in [2.45, 2.75) is 11.2 Å². The normalized spacial score (nSPS) is 13.9. The molecule has 0 amide bonds. The Bertz CT molecular complexity index is 1210. The van der Waals surface area contributed by atoms with Gasteiger partial charge in [0.2, 0.25) is 5.95 Å². The third-order valence-electron chi connectivity index (χ3n) is 5.67. The van der Waals surface area contributed by atoms with Gasteiger partial charge < -0.3 is 20.4 Å². The molecule has 1 aromatic heterocycles. The van der Waals surface area contributed by atoms with Crippen LogP contribution in [0.2, 0.25) is 10.0 Å². The number of piperazine rings is 1. The molecule has 2 heterocycles. The number of nitrogens with zero attached hydrogens (tertiary/aromatic N) is 5. The van der Waals surface area contributed by atoms with Crippen LogP contribution in [-0.4, -0.2) is 68.1 Å². The Hall–Kier alpha value is -2.73. The standard InChI is InChI=1S/C18H21F3N6S.C7H7Cl2N/c1-22-14-15(23-13-6-4-12(5-7-13)18(19,20)21)24-17(25-16(14)28-3)27-10-8-26(2)9-11-27;1-10-7-5(8)3-2-4-6(7)9/h4-7H,1,8-11H2,2-3H3,(H,23,24,25);2-4,10H,1H3. The molecule has 0 bridgehead atoms. The van der Waals surface area contributed by atoms with Crippen LogP contribution in [0.3, 0.4) is 0 Å². The number of hydrogen-bond acceptors (Lipinski definition) is 8. The molecule has 1 aliphatic heterocycles. The molecule has 0 radical (unpaired) electrons. The maximum Gasteiger partial charge on any atom is 0.416 e. The van der Waals surface area contributed by atoms with Crippen LogP contribution < -0.4 is 15.5 Å². The van der Waals surface area contributed by atoms with Crippen molar-refractivity contribution < 1.29 is 13.2 Å². The summed E-state index contributed by atoms with van der Waals surface area (Å²) in [7, 11) is 3.85. The van der Waals surface area contributed by atoms with Crippen LogP contribution in [0.5, 0.6) is 0 Å². The number of likely N-dealkylation sites (N-methyl/N-ethyl adjacent to an activating group) is 1. The van der Waals surface area contributed by atoms with Gasteiger partial charge >= 0.3 is 6.18 Å². The fourth-order valence-corrected chi connectivity index (χ4v) is 4.67. The number of halogens is 5. The number of nitrogens with one attached hydrogen (secondary N) is 2. The number of thioether (sulfide) groups is 1. The fourth-order valence-electron chi connectivity index (χ4n) is 3.56. The molecule has 1 fully saturated rings. The molecule has 2 aromatic carbocycles. The van der Waals surface area contributed by atoms with Crippen molar-refractivity contribution >= 4 is 70.5 Å². The molecule has 0 aliphatic carbocycles. The van der Waals surface area contributed by atoms with Gasteiger partial charge in [-0.25, -0.2) is 4.98 Å². The maximum absolute atomic E-state index is 12.8. The Morgan fingerprint density at radius 2 is 1.61 bits per heavy atom. The van der Waals surface area contributed by atoms with Crippen molar-refractivity contribution in [1.82, 2.24) is 14.9 Å². The summed E-state index contributed by atoms with van der Waals surface area (Å²) >= 11 is 13.0. The molecule has 0 saturated carbocycles. The number of rotatable bonds is 6. The first-order valence-corrected chi connectivity index (χ1v) is 13.5. The Morgan fingerprint density at radius 3 is 2.08 bits per heavy atom. The van der Waals surface area contributed by atoms with E-state index >= 15 is 0 Å². The number of alkyl halides is 3. The van der Waals surface area contributed by atoms with Gasteiger partial charge in [0.1, 0.15) is 10.7 Å². The first-order valence-electron chi connectivity index (χ1n) is 11.5. The summed E-state index contributed by atoms with van der Waals surface area (Å²) in [5.74, 6) is 0.988. The van der Waals surface area contributed by atoms with Gasteiger partial charge in [0.15, 0.2) is 5.82 Å². The number of aromatic nitrogens is 2. The van der Waals surface area contributed by atoms with Gasteiger partial charge in [-0.05, 0) is 56.4 Å². The van der Waals surface area contributed by atoms with E-state index in [1.165, 1.54) is 23.9 Å². The van der Waals surface area contributed by atoms with E-state index in [4.69, 9.17) is 23.2 Å². The van der Waals surface area contributed by atoms with Crippen molar-refractivity contribution in [3.8, 4) is 0 Å². The summed E-state index contributed by atoms with van der Waals surface area (Å²) in [6.45, 7) is 6.99. The van der Waals surface area contributed by atoms with Crippen LogP contribution >= 0.6 is 35.0 Å². The summed E-state index contributed by atoms with van der Waals surface area (Å²) in [5, 5.41) is 7.92. The average molecular weight is 587 g/mol. The average Bonchev–Trinajstić information content (AvgIpc) is 2.89. The molecular weight excluding hydrogens is 558 g/mol.